The third-order valence-electron chi connectivity index (χ3n) is 4.84. The lowest BCUT2D eigenvalue weighted by atomic mass is 10.1. The molecule has 1 aliphatic rings. The lowest BCUT2D eigenvalue weighted by Gasteiger charge is -2.34. The van der Waals surface area contributed by atoms with Crippen molar-refractivity contribution < 1.29 is 14.5 Å². The Labute approximate surface area is 158 Å². The molecule has 1 aliphatic heterocycles. The SMILES string of the molecule is COc1cc(C(=O)N2CCN(Cc3cccc([N+](=O)[O-])c3)CC2)ccc1C. The number of hydrogen-bond acceptors (Lipinski definition) is 5. The highest BCUT2D eigenvalue weighted by molar-refractivity contribution is 5.94. The Morgan fingerprint density at radius 2 is 1.89 bits per heavy atom. The summed E-state index contributed by atoms with van der Waals surface area (Å²) in [7, 11) is 1.60. The molecule has 3 rings (SSSR count). The van der Waals surface area contributed by atoms with Crippen molar-refractivity contribution in [3.63, 3.8) is 0 Å². The van der Waals surface area contributed by atoms with E-state index in [0.29, 0.717) is 30.9 Å². The minimum atomic E-state index is -0.379. The summed E-state index contributed by atoms with van der Waals surface area (Å²) in [6.45, 7) is 5.31. The number of nitro groups is 1. The van der Waals surface area contributed by atoms with Gasteiger partial charge in [0, 0.05) is 50.4 Å². The van der Waals surface area contributed by atoms with Crippen LogP contribution in [0.4, 0.5) is 5.69 Å². The standard InChI is InChI=1S/C20H23N3O4/c1-15-6-7-17(13-19(15)27-2)20(24)22-10-8-21(9-11-22)14-16-4-3-5-18(12-16)23(25)26/h3-7,12-13H,8-11,14H2,1-2H3. The predicted octanol–water partition coefficient (Wildman–Crippen LogP) is 2.87. The number of carbonyl (C=O) groups excluding carboxylic acids is 1. The molecule has 7 nitrogen and oxygen atoms in total. The van der Waals surface area contributed by atoms with Crippen LogP contribution in [-0.4, -0.2) is 53.9 Å². The summed E-state index contributed by atoms with van der Waals surface area (Å²) in [6.07, 6.45) is 0. The monoisotopic (exact) mass is 369 g/mol. The van der Waals surface area contributed by atoms with Crippen molar-refractivity contribution in [3.05, 3.63) is 69.3 Å². The van der Waals surface area contributed by atoms with Gasteiger partial charge in [-0.1, -0.05) is 18.2 Å². The van der Waals surface area contributed by atoms with E-state index in [1.165, 1.54) is 6.07 Å². The van der Waals surface area contributed by atoms with Crippen LogP contribution >= 0.6 is 0 Å². The summed E-state index contributed by atoms with van der Waals surface area (Å²) in [5, 5.41) is 10.9. The number of amides is 1. The zero-order valence-corrected chi connectivity index (χ0v) is 15.6. The van der Waals surface area contributed by atoms with Gasteiger partial charge in [-0.25, -0.2) is 0 Å². The number of hydrogen-bond donors (Lipinski definition) is 0. The molecular formula is C20H23N3O4. The van der Waals surface area contributed by atoms with Gasteiger partial charge in [0.05, 0.1) is 12.0 Å². The summed E-state index contributed by atoms with van der Waals surface area (Å²) in [4.78, 5) is 27.3. The molecule has 0 saturated carbocycles. The number of nitrogens with zero attached hydrogens (tertiary/aromatic N) is 3. The van der Waals surface area contributed by atoms with Crippen molar-refractivity contribution in [2.45, 2.75) is 13.5 Å². The summed E-state index contributed by atoms with van der Waals surface area (Å²) in [5.74, 6) is 0.716. The van der Waals surface area contributed by atoms with Crippen molar-refractivity contribution in [3.8, 4) is 5.75 Å². The smallest absolute Gasteiger partial charge is 0.269 e. The fraction of sp³-hybridized carbons (Fsp3) is 0.350. The molecule has 0 radical (unpaired) electrons. The van der Waals surface area contributed by atoms with E-state index in [-0.39, 0.29) is 16.5 Å². The minimum Gasteiger partial charge on any atom is -0.496 e. The van der Waals surface area contributed by atoms with Crippen LogP contribution in [0, 0.1) is 17.0 Å². The fourth-order valence-electron chi connectivity index (χ4n) is 3.27. The molecule has 0 spiro atoms. The number of piperazine rings is 1. The summed E-state index contributed by atoms with van der Waals surface area (Å²) < 4.78 is 5.31. The van der Waals surface area contributed by atoms with Crippen LogP contribution in [0.15, 0.2) is 42.5 Å². The van der Waals surface area contributed by atoms with Crippen molar-refractivity contribution in [2.24, 2.45) is 0 Å². The Bertz CT molecular complexity index is 845. The average molecular weight is 369 g/mol. The molecule has 142 valence electrons. The Hall–Kier alpha value is -2.93. The number of aryl methyl sites for hydroxylation is 1. The molecule has 0 N–H and O–H groups in total. The molecule has 1 heterocycles. The van der Waals surface area contributed by atoms with Crippen LogP contribution in [0.1, 0.15) is 21.5 Å². The molecule has 2 aromatic rings. The second kappa shape index (κ2) is 8.18. The van der Waals surface area contributed by atoms with E-state index in [1.54, 1.807) is 25.3 Å². The normalized spacial score (nSPS) is 14.8. The maximum absolute atomic E-state index is 12.7. The number of carbonyl (C=O) groups is 1. The molecule has 0 aliphatic carbocycles. The van der Waals surface area contributed by atoms with Crippen LogP contribution in [-0.2, 0) is 6.54 Å². The first-order valence-corrected chi connectivity index (χ1v) is 8.87. The molecule has 0 bridgehead atoms. The average Bonchev–Trinajstić information content (AvgIpc) is 2.68. The van der Waals surface area contributed by atoms with Crippen molar-refractivity contribution >= 4 is 11.6 Å². The highest BCUT2D eigenvalue weighted by atomic mass is 16.6. The van der Waals surface area contributed by atoms with Gasteiger partial charge < -0.3 is 9.64 Å². The maximum atomic E-state index is 12.7. The van der Waals surface area contributed by atoms with Crippen molar-refractivity contribution in [1.29, 1.82) is 0 Å². The van der Waals surface area contributed by atoms with Gasteiger partial charge in [0.15, 0.2) is 0 Å². The Morgan fingerprint density at radius 3 is 2.56 bits per heavy atom. The lowest BCUT2D eigenvalue weighted by molar-refractivity contribution is -0.384. The molecule has 0 unspecified atom stereocenters. The van der Waals surface area contributed by atoms with E-state index >= 15 is 0 Å². The van der Waals surface area contributed by atoms with E-state index in [0.717, 1.165) is 24.2 Å². The summed E-state index contributed by atoms with van der Waals surface area (Å²) in [6, 6.07) is 12.2. The highest BCUT2D eigenvalue weighted by Gasteiger charge is 2.23. The van der Waals surface area contributed by atoms with Crippen LogP contribution in [0.3, 0.4) is 0 Å². The summed E-state index contributed by atoms with van der Waals surface area (Å²) >= 11 is 0. The number of benzene rings is 2. The van der Waals surface area contributed by atoms with Crippen molar-refractivity contribution in [1.82, 2.24) is 9.80 Å². The maximum Gasteiger partial charge on any atom is 0.269 e. The van der Waals surface area contributed by atoms with Crippen LogP contribution in [0.5, 0.6) is 5.75 Å². The Kier molecular flexibility index (Phi) is 5.71. The largest absolute Gasteiger partial charge is 0.496 e. The number of nitro benzene ring substituents is 1. The third-order valence-corrected chi connectivity index (χ3v) is 4.84. The summed E-state index contributed by atoms with van der Waals surface area (Å²) in [5.41, 5.74) is 2.64. The van der Waals surface area contributed by atoms with E-state index < -0.39 is 0 Å². The zero-order chi connectivity index (χ0) is 19.4. The second-order valence-electron chi connectivity index (χ2n) is 6.68. The Morgan fingerprint density at radius 1 is 1.15 bits per heavy atom. The zero-order valence-electron chi connectivity index (χ0n) is 15.6. The molecule has 1 amide bonds. The highest BCUT2D eigenvalue weighted by Crippen LogP contribution is 2.21. The second-order valence-corrected chi connectivity index (χ2v) is 6.68. The molecule has 27 heavy (non-hydrogen) atoms. The van der Waals surface area contributed by atoms with Gasteiger partial charge in [0.1, 0.15) is 5.75 Å². The number of rotatable bonds is 5. The quantitative estimate of drug-likeness (QED) is 0.598. The van der Waals surface area contributed by atoms with Gasteiger partial charge in [-0.3, -0.25) is 19.8 Å². The van der Waals surface area contributed by atoms with E-state index in [9.17, 15) is 14.9 Å². The number of methoxy groups -OCH3 is 1. The van der Waals surface area contributed by atoms with Gasteiger partial charge in [-0.05, 0) is 30.2 Å². The van der Waals surface area contributed by atoms with E-state index in [2.05, 4.69) is 4.90 Å². The van der Waals surface area contributed by atoms with Crippen LogP contribution in [0.25, 0.3) is 0 Å². The Balaban J connectivity index is 1.59. The molecule has 0 atom stereocenters. The van der Waals surface area contributed by atoms with E-state index in [4.69, 9.17) is 4.74 Å². The molecule has 1 fully saturated rings. The number of ether oxygens (including phenoxy) is 1. The third kappa shape index (κ3) is 4.43. The van der Waals surface area contributed by atoms with Gasteiger partial charge in [-0.2, -0.15) is 0 Å². The minimum absolute atomic E-state index is 0.00305. The van der Waals surface area contributed by atoms with E-state index in [1.807, 2.05) is 30.0 Å². The van der Waals surface area contributed by atoms with Gasteiger partial charge in [0.2, 0.25) is 0 Å². The molecule has 7 heteroatoms. The van der Waals surface area contributed by atoms with Gasteiger partial charge in [-0.15, -0.1) is 0 Å². The first kappa shape index (κ1) is 18.8. The van der Waals surface area contributed by atoms with Crippen LogP contribution < -0.4 is 4.74 Å². The first-order valence-electron chi connectivity index (χ1n) is 8.87. The first-order chi connectivity index (χ1) is 13.0. The fourth-order valence-corrected chi connectivity index (χ4v) is 3.27. The lowest BCUT2D eigenvalue weighted by Crippen LogP contribution is -2.48. The van der Waals surface area contributed by atoms with Gasteiger partial charge >= 0.3 is 0 Å². The van der Waals surface area contributed by atoms with Crippen LogP contribution in [0.2, 0.25) is 0 Å². The molecular weight excluding hydrogens is 346 g/mol. The topological polar surface area (TPSA) is 75.9 Å². The molecule has 1 saturated heterocycles. The number of non-ortho nitro benzene ring substituents is 1. The predicted molar refractivity (Wildman–Crippen MR) is 102 cm³/mol. The van der Waals surface area contributed by atoms with Gasteiger partial charge in [0.25, 0.3) is 11.6 Å². The molecule has 2 aromatic carbocycles. The molecule has 0 aromatic heterocycles. The van der Waals surface area contributed by atoms with Crippen molar-refractivity contribution in [2.75, 3.05) is 33.3 Å².